The van der Waals surface area contributed by atoms with Crippen LogP contribution in [0, 0.1) is 13.8 Å². The van der Waals surface area contributed by atoms with Crippen LogP contribution in [0.15, 0.2) is 36.4 Å². The van der Waals surface area contributed by atoms with Crippen molar-refractivity contribution in [1.29, 1.82) is 0 Å². The molecule has 2 nitrogen and oxygen atoms in total. The molecule has 2 N–H and O–H groups in total. The van der Waals surface area contributed by atoms with Crippen molar-refractivity contribution in [3.63, 3.8) is 0 Å². The van der Waals surface area contributed by atoms with Gasteiger partial charge in [-0.25, -0.2) is 0 Å². The van der Waals surface area contributed by atoms with Gasteiger partial charge in [0, 0.05) is 15.7 Å². The summed E-state index contributed by atoms with van der Waals surface area (Å²) in [6.07, 6.45) is 0. The number of anilines is 1. The van der Waals surface area contributed by atoms with Crippen molar-refractivity contribution in [2.45, 2.75) is 26.8 Å². The molecule has 0 aliphatic carbocycles. The Morgan fingerprint density at radius 3 is 2.27 bits per heavy atom. The van der Waals surface area contributed by atoms with E-state index in [0.29, 0.717) is 15.2 Å². The molecule has 0 saturated carbocycles. The highest BCUT2D eigenvalue weighted by Crippen LogP contribution is 2.23. The zero-order valence-electron chi connectivity index (χ0n) is 12.7. The zero-order chi connectivity index (χ0) is 16.3. The van der Waals surface area contributed by atoms with E-state index >= 15 is 0 Å². The Morgan fingerprint density at radius 2 is 1.68 bits per heavy atom. The summed E-state index contributed by atoms with van der Waals surface area (Å²) in [5.41, 5.74) is 4.48. The van der Waals surface area contributed by atoms with Crippen molar-refractivity contribution in [2.75, 3.05) is 5.32 Å². The number of nitrogens with one attached hydrogen (secondary N) is 2. The van der Waals surface area contributed by atoms with Crippen LogP contribution >= 0.6 is 35.4 Å². The standard InChI is InChI=1S/C17H18Cl2N2S/c1-10-4-5-16(11(2)6-10)12(3)20-17(22)21-15-8-13(18)7-14(19)9-15/h4-9,12H,1-3H3,(H2,20,21,22). The summed E-state index contributed by atoms with van der Waals surface area (Å²) in [7, 11) is 0. The van der Waals surface area contributed by atoms with Crippen LogP contribution in [-0.2, 0) is 0 Å². The van der Waals surface area contributed by atoms with Gasteiger partial charge < -0.3 is 10.6 Å². The molecule has 0 amide bonds. The van der Waals surface area contributed by atoms with E-state index in [4.69, 9.17) is 35.4 Å². The molecule has 0 radical (unpaired) electrons. The zero-order valence-corrected chi connectivity index (χ0v) is 15.0. The fourth-order valence-corrected chi connectivity index (χ4v) is 3.20. The lowest BCUT2D eigenvalue weighted by Crippen LogP contribution is -2.31. The van der Waals surface area contributed by atoms with Gasteiger partial charge in [-0.2, -0.15) is 0 Å². The normalized spacial score (nSPS) is 11.9. The smallest absolute Gasteiger partial charge is 0.171 e. The van der Waals surface area contributed by atoms with Gasteiger partial charge in [0.25, 0.3) is 0 Å². The number of hydrogen-bond acceptors (Lipinski definition) is 1. The predicted octanol–water partition coefficient (Wildman–Crippen LogP) is 5.66. The van der Waals surface area contributed by atoms with Crippen molar-refractivity contribution in [1.82, 2.24) is 5.32 Å². The molecule has 0 aromatic heterocycles. The van der Waals surface area contributed by atoms with Crippen molar-refractivity contribution in [2.24, 2.45) is 0 Å². The van der Waals surface area contributed by atoms with Crippen LogP contribution in [0.3, 0.4) is 0 Å². The van der Waals surface area contributed by atoms with E-state index in [-0.39, 0.29) is 6.04 Å². The van der Waals surface area contributed by atoms with Gasteiger partial charge in [-0.3, -0.25) is 0 Å². The maximum Gasteiger partial charge on any atom is 0.171 e. The van der Waals surface area contributed by atoms with E-state index in [1.807, 2.05) is 0 Å². The summed E-state index contributed by atoms with van der Waals surface area (Å²) in [6, 6.07) is 11.8. The molecule has 2 aromatic carbocycles. The topological polar surface area (TPSA) is 24.1 Å². The minimum Gasteiger partial charge on any atom is -0.356 e. The first kappa shape index (κ1) is 17.1. The molecular formula is C17H18Cl2N2S. The lowest BCUT2D eigenvalue weighted by Gasteiger charge is -2.19. The summed E-state index contributed by atoms with van der Waals surface area (Å²) in [5.74, 6) is 0. The van der Waals surface area contributed by atoms with Crippen molar-refractivity contribution in [3.05, 3.63) is 63.1 Å². The largest absolute Gasteiger partial charge is 0.356 e. The number of halogens is 2. The Kier molecular flexibility index (Phi) is 5.68. The van der Waals surface area contributed by atoms with Gasteiger partial charge in [-0.05, 0) is 62.3 Å². The van der Waals surface area contributed by atoms with Gasteiger partial charge in [-0.15, -0.1) is 0 Å². The average Bonchev–Trinajstić information content (AvgIpc) is 2.36. The van der Waals surface area contributed by atoms with E-state index in [0.717, 1.165) is 5.69 Å². The molecule has 2 aromatic rings. The number of rotatable bonds is 3. The molecule has 22 heavy (non-hydrogen) atoms. The fourth-order valence-electron chi connectivity index (χ4n) is 2.38. The Morgan fingerprint density at radius 1 is 1.05 bits per heavy atom. The maximum atomic E-state index is 5.98. The molecule has 0 fully saturated rings. The van der Waals surface area contributed by atoms with Crippen LogP contribution < -0.4 is 10.6 Å². The molecule has 1 unspecified atom stereocenters. The van der Waals surface area contributed by atoms with Crippen molar-refractivity contribution in [3.8, 4) is 0 Å². The third-order valence-corrected chi connectivity index (χ3v) is 4.02. The molecule has 1 atom stereocenters. The second-order valence-electron chi connectivity index (χ2n) is 5.34. The molecule has 2 rings (SSSR count). The second kappa shape index (κ2) is 7.32. The van der Waals surface area contributed by atoms with Gasteiger partial charge in [-0.1, -0.05) is 47.0 Å². The highest BCUT2D eigenvalue weighted by Gasteiger charge is 2.10. The molecule has 116 valence electrons. The molecule has 5 heteroatoms. The molecule has 0 aliphatic rings. The average molecular weight is 353 g/mol. The predicted molar refractivity (Wildman–Crippen MR) is 100 cm³/mol. The minimum absolute atomic E-state index is 0.107. The first-order chi connectivity index (χ1) is 10.3. The molecule has 0 heterocycles. The molecule has 0 saturated heterocycles. The molecule has 0 spiro atoms. The lowest BCUT2D eigenvalue weighted by molar-refractivity contribution is 0.717. The van der Waals surface area contributed by atoms with Crippen LogP contribution in [0.5, 0.6) is 0 Å². The lowest BCUT2D eigenvalue weighted by atomic mass is 10.0. The number of benzene rings is 2. The Hall–Kier alpha value is -1.29. The van der Waals surface area contributed by atoms with Gasteiger partial charge in [0.05, 0.1) is 6.04 Å². The maximum absolute atomic E-state index is 5.98. The number of aryl methyl sites for hydroxylation is 2. The minimum atomic E-state index is 0.107. The molecular weight excluding hydrogens is 335 g/mol. The monoisotopic (exact) mass is 352 g/mol. The third-order valence-electron chi connectivity index (χ3n) is 3.36. The number of thiocarbonyl (C=S) groups is 1. The quantitative estimate of drug-likeness (QED) is 0.697. The van der Waals surface area contributed by atoms with Gasteiger partial charge in [0.2, 0.25) is 0 Å². The summed E-state index contributed by atoms with van der Waals surface area (Å²) in [6.45, 7) is 6.27. The molecule has 0 aliphatic heterocycles. The summed E-state index contributed by atoms with van der Waals surface area (Å²) in [4.78, 5) is 0. The fraction of sp³-hybridized carbons (Fsp3) is 0.235. The Labute approximate surface area is 146 Å². The first-order valence-electron chi connectivity index (χ1n) is 6.96. The van der Waals surface area contributed by atoms with Crippen LogP contribution in [0.1, 0.15) is 29.7 Å². The highest BCUT2D eigenvalue weighted by atomic mass is 35.5. The van der Waals surface area contributed by atoms with Gasteiger partial charge in [0.15, 0.2) is 5.11 Å². The van der Waals surface area contributed by atoms with E-state index in [9.17, 15) is 0 Å². The van der Waals surface area contributed by atoms with E-state index in [1.54, 1.807) is 18.2 Å². The van der Waals surface area contributed by atoms with Crippen LogP contribution in [-0.4, -0.2) is 5.11 Å². The van der Waals surface area contributed by atoms with E-state index < -0.39 is 0 Å². The van der Waals surface area contributed by atoms with E-state index in [2.05, 4.69) is 49.6 Å². The van der Waals surface area contributed by atoms with Crippen LogP contribution in [0.4, 0.5) is 5.69 Å². The summed E-state index contributed by atoms with van der Waals surface area (Å²) >= 11 is 17.3. The SMILES string of the molecule is Cc1ccc(C(C)NC(=S)Nc2cc(Cl)cc(Cl)c2)c(C)c1. The Bertz CT molecular complexity index is 681. The molecule has 0 bridgehead atoms. The first-order valence-corrected chi connectivity index (χ1v) is 8.12. The van der Waals surface area contributed by atoms with Crippen molar-refractivity contribution < 1.29 is 0 Å². The van der Waals surface area contributed by atoms with Gasteiger partial charge in [0.1, 0.15) is 0 Å². The third kappa shape index (κ3) is 4.60. The summed E-state index contributed by atoms with van der Waals surface area (Å²) < 4.78 is 0. The second-order valence-corrected chi connectivity index (χ2v) is 6.62. The van der Waals surface area contributed by atoms with Crippen molar-refractivity contribution >= 4 is 46.2 Å². The summed E-state index contributed by atoms with van der Waals surface area (Å²) in [5, 5.41) is 8.06. The van der Waals surface area contributed by atoms with Gasteiger partial charge >= 0.3 is 0 Å². The van der Waals surface area contributed by atoms with E-state index in [1.165, 1.54) is 16.7 Å². The van der Waals surface area contributed by atoms with Crippen LogP contribution in [0.2, 0.25) is 10.0 Å². The highest BCUT2D eigenvalue weighted by molar-refractivity contribution is 7.80. The number of hydrogen-bond donors (Lipinski definition) is 2. The van der Waals surface area contributed by atoms with Crippen LogP contribution in [0.25, 0.3) is 0 Å². The Balaban J connectivity index is 2.05.